The van der Waals surface area contributed by atoms with Gasteiger partial charge in [0.1, 0.15) is 0 Å². The molecule has 0 aromatic carbocycles. The molecule has 0 aliphatic heterocycles. The normalized spacial score (nSPS) is 31.2. The van der Waals surface area contributed by atoms with Crippen molar-refractivity contribution in [3.63, 3.8) is 0 Å². The van der Waals surface area contributed by atoms with E-state index in [9.17, 15) is 8.78 Å². The van der Waals surface area contributed by atoms with E-state index in [-0.39, 0.29) is 18.3 Å². The van der Waals surface area contributed by atoms with Crippen molar-refractivity contribution in [2.24, 2.45) is 11.3 Å². The van der Waals surface area contributed by atoms with Crippen LogP contribution in [0.2, 0.25) is 0 Å². The lowest BCUT2D eigenvalue weighted by Crippen LogP contribution is -2.54. The van der Waals surface area contributed by atoms with Crippen molar-refractivity contribution in [3.05, 3.63) is 0 Å². The van der Waals surface area contributed by atoms with Gasteiger partial charge in [-0.15, -0.1) is 0 Å². The van der Waals surface area contributed by atoms with Crippen LogP contribution in [-0.2, 0) is 4.74 Å². The zero-order valence-corrected chi connectivity index (χ0v) is 7.28. The second kappa shape index (κ2) is 2.41. The monoisotopic (exact) mass is 176 g/mol. The van der Waals surface area contributed by atoms with Crippen molar-refractivity contribution in [2.45, 2.75) is 31.6 Å². The van der Waals surface area contributed by atoms with Gasteiger partial charge in [0, 0.05) is 26.6 Å². The number of ether oxygens (including phenoxy) is 1. The van der Waals surface area contributed by atoms with Gasteiger partial charge in [-0.25, -0.2) is 8.78 Å². The molecule has 0 aromatic heterocycles. The van der Waals surface area contributed by atoms with Gasteiger partial charge in [0.2, 0.25) is 5.92 Å². The second-order valence-electron chi connectivity index (χ2n) is 4.44. The summed E-state index contributed by atoms with van der Waals surface area (Å²) in [5, 5.41) is 0. The van der Waals surface area contributed by atoms with Gasteiger partial charge in [-0.05, 0) is 24.2 Å². The maximum Gasteiger partial charge on any atom is 0.249 e. The van der Waals surface area contributed by atoms with Gasteiger partial charge in [0.05, 0.1) is 0 Å². The molecular formula is C9H14F2O. The van der Waals surface area contributed by atoms with Crippen LogP contribution in [0.15, 0.2) is 0 Å². The number of methoxy groups -OCH3 is 1. The molecule has 2 fully saturated rings. The molecule has 0 heterocycles. The molecule has 0 aromatic rings. The third-order valence-corrected chi connectivity index (χ3v) is 3.11. The molecule has 0 bridgehead atoms. The Morgan fingerprint density at radius 1 is 1.33 bits per heavy atom. The molecule has 0 atom stereocenters. The highest BCUT2D eigenvalue weighted by Crippen LogP contribution is 2.64. The molecule has 2 saturated carbocycles. The highest BCUT2D eigenvalue weighted by Gasteiger charge is 2.61. The van der Waals surface area contributed by atoms with E-state index < -0.39 is 5.92 Å². The van der Waals surface area contributed by atoms with Gasteiger partial charge in [0.15, 0.2) is 0 Å². The Hall–Kier alpha value is -0.180. The number of alkyl halides is 2. The minimum absolute atomic E-state index is 0.0205. The molecule has 12 heavy (non-hydrogen) atoms. The van der Waals surface area contributed by atoms with Crippen LogP contribution in [0.25, 0.3) is 0 Å². The predicted octanol–water partition coefficient (Wildman–Crippen LogP) is 2.46. The summed E-state index contributed by atoms with van der Waals surface area (Å²) in [7, 11) is 1.67. The van der Waals surface area contributed by atoms with E-state index in [1.165, 1.54) is 0 Å². The first-order valence-corrected chi connectivity index (χ1v) is 4.42. The molecule has 1 nitrogen and oxygen atoms in total. The number of halogens is 2. The van der Waals surface area contributed by atoms with Gasteiger partial charge in [-0.1, -0.05) is 0 Å². The number of hydrogen-bond acceptors (Lipinski definition) is 1. The van der Waals surface area contributed by atoms with E-state index in [0.717, 1.165) is 19.4 Å². The summed E-state index contributed by atoms with van der Waals surface area (Å²) < 4.78 is 30.0. The van der Waals surface area contributed by atoms with E-state index in [1.807, 2.05) is 0 Å². The van der Waals surface area contributed by atoms with E-state index in [4.69, 9.17) is 4.74 Å². The standard InChI is InChI=1S/C9H14F2O/c1-12-4-7-2-8(3-7)5-9(10,11)6-8/h7H,2-6H2,1H3. The van der Waals surface area contributed by atoms with Crippen molar-refractivity contribution in [3.8, 4) is 0 Å². The van der Waals surface area contributed by atoms with Crippen LogP contribution >= 0.6 is 0 Å². The molecule has 3 heteroatoms. The molecule has 0 N–H and O–H groups in total. The Balaban J connectivity index is 1.76. The van der Waals surface area contributed by atoms with Gasteiger partial charge >= 0.3 is 0 Å². The minimum atomic E-state index is -2.35. The maximum atomic E-state index is 12.5. The lowest BCUT2D eigenvalue weighted by molar-refractivity contribution is -0.211. The highest BCUT2D eigenvalue weighted by atomic mass is 19.3. The van der Waals surface area contributed by atoms with Gasteiger partial charge in [0.25, 0.3) is 0 Å². The van der Waals surface area contributed by atoms with Crippen LogP contribution < -0.4 is 0 Å². The maximum absolute atomic E-state index is 12.5. The van der Waals surface area contributed by atoms with Gasteiger partial charge in [-0.3, -0.25) is 0 Å². The smallest absolute Gasteiger partial charge is 0.249 e. The highest BCUT2D eigenvalue weighted by molar-refractivity contribution is 5.06. The number of rotatable bonds is 2. The fourth-order valence-corrected chi connectivity index (χ4v) is 2.85. The van der Waals surface area contributed by atoms with E-state index in [1.54, 1.807) is 7.11 Å². The average Bonchev–Trinajstić information content (AvgIpc) is 1.80. The van der Waals surface area contributed by atoms with E-state index >= 15 is 0 Å². The van der Waals surface area contributed by atoms with Crippen LogP contribution in [0.3, 0.4) is 0 Å². The lowest BCUT2D eigenvalue weighted by atomic mass is 9.50. The van der Waals surface area contributed by atoms with Crippen molar-refractivity contribution >= 4 is 0 Å². The van der Waals surface area contributed by atoms with Gasteiger partial charge < -0.3 is 4.74 Å². The Bertz CT molecular complexity index is 175. The SMILES string of the molecule is COCC1CC2(C1)CC(F)(F)C2. The fraction of sp³-hybridized carbons (Fsp3) is 1.00. The largest absolute Gasteiger partial charge is 0.384 e. The first-order chi connectivity index (χ1) is 5.55. The van der Waals surface area contributed by atoms with Crippen molar-refractivity contribution in [1.29, 1.82) is 0 Å². The second-order valence-corrected chi connectivity index (χ2v) is 4.44. The Labute approximate surface area is 71.1 Å². The summed E-state index contributed by atoms with van der Waals surface area (Å²) in [5.74, 6) is -1.80. The van der Waals surface area contributed by atoms with Crippen molar-refractivity contribution in [1.82, 2.24) is 0 Å². The zero-order chi connectivity index (χ0) is 8.82. The molecule has 2 aliphatic carbocycles. The van der Waals surface area contributed by atoms with E-state index in [0.29, 0.717) is 5.92 Å². The first-order valence-electron chi connectivity index (χ1n) is 4.42. The summed E-state index contributed by atoms with van der Waals surface area (Å²) >= 11 is 0. The lowest BCUT2D eigenvalue weighted by Gasteiger charge is -2.57. The average molecular weight is 176 g/mol. The van der Waals surface area contributed by atoms with Crippen LogP contribution in [0.4, 0.5) is 8.78 Å². The first kappa shape index (κ1) is 8.42. The summed E-state index contributed by atoms with van der Waals surface area (Å²) in [5.41, 5.74) is 0.0205. The minimum Gasteiger partial charge on any atom is -0.384 e. The number of hydrogen-bond donors (Lipinski definition) is 0. The Morgan fingerprint density at radius 2 is 1.92 bits per heavy atom. The van der Waals surface area contributed by atoms with Gasteiger partial charge in [-0.2, -0.15) is 0 Å². The third kappa shape index (κ3) is 1.24. The Morgan fingerprint density at radius 3 is 2.33 bits per heavy atom. The quantitative estimate of drug-likeness (QED) is 0.628. The summed E-state index contributed by atoms with van der Waals surface area (Å²) in [4.78, 5) is 0. The van der Waals surface area contributed by atoms with Crippen molar-refractivity contribution < 1.29 is 13.5 Å². The Kier molecular flexibility index (Phi) is 1.69. The molecule has 0 amide bonds. The third-order valence-electron chi connectivity index (χ3n) is 3.11. The van der Waals surface area contributed by atoms with E-state index in [2.05, 4.69) is 0 Å². The zero-order valence-electron chi connectivity index (χ0n) is 7.28. The fourth-order valence-electron chi connectivity index (χ4n) is 2.85. The molecule has 1 spiro atoms. The molecule has 70 valence electrons. The van der Waals surface area contributed by atoms with Crippen LogP contribution in [0.1, 0.15) is 25.7 Å². The summed E-state index contributed by atoms with van der Waals surface area (Å²) in [6.07, 6.45) is 2.16. The summed E-state index contributed by atoms with van der Waals surface area (Å²) in [6.45, 7) is 0.743. The van der Waals surface area contributed by atoms with Crippen molar-refractivity contribution in [2.75, 3.05) is 13.7 Å². The molecule has 2 aliphatic rings. The molecule has 0 unspecified atom stereocenters. The van der Waals surface area contributed by atoms with Crippen LogP contribution in [0, 0.1) is 11.3 Å². The van der Waals surface area contributed by atoms with Crippen LogP contribution in [0.5, 0.6) is 0 Å². The summed E-state index contributed by atoms with van der Waals surface area (Å²) in [6, 6.07) is 0. The molecular weight excluding hydrogens is 162 g/mol. The molecule has 0 saturated heterocycles. The van der Waals surface area contributed by atoms with Crippen LogP contribution in [-0.4, -0.2) is 19.6 Å². The predicted molar refractivity (Wildman–Crippen MR) is 41.2 cm³/mol. The molecule has 2 rings (SSSR count). The topological polar surface area (TPSA) is 9.23 Å². The molecule has 0 radical (unpaired) electrons.